The van der Waals surface area contributed by atoms with Crippen molar-refractivity contribution in [2.45, 2.75) is 39.5 Å². The van der Waals surface area contributed by atoms with Gasteiger partial charge in [-0.05, 0) is 49.9 Å². The lowest BCUT2D eigenvalue weighted by Crippen LogP contribution is -2.37. The molecule has 6 heteroatoms. The monoisotopic (exact) mass is 342 g/mol. The van der Waals surface area contributed by atoms with Gasteiger partial charge in [-0.15, -0.1) is 5.10 Å². The summed E-state index contributed by atoms with van der Waals surface area (Å²) in [4.78, 5) is 19.3. The molecule has 1 aromatic heterocycles. The van der Waals surface area contributed by atoms with Gasteiger partial charge in [0.1, 0.15) is 5.82 Å². The Balaban J connectivity index is 1.65. The van der Waals surface area contributed by atoms with E-state index >= 15 is 0 Å². The normalized spacial score (nSPS) is 15.4. The van der Waals surface area contributed by atoms with Crippen molar-refractivity contribution in [2.24, 2.45) is 5.92 Å². The van der Waals surface area contributed by atoms with Crippen LogP contribution in [0.25, 0.3) is 0 Å². The van der Waals surface area contributed by atoms with Gasteiger partial charge in [-0.1, -0.05) is 13.8 Å². The van der Waals surface area contributed by atoms with Gasteiger partial charge in [0.25, 0.3) is 0 Å². The van der Waals surface area contributed by atoms with E-state index in [1.165, 1.54) is 12.1 Å². The van der Waals surface area contributed by atoms with Crippen LogP contribution in [0, 0.1) is 11.7 Å². The third kappa shape index (κ3) is 3.83. The number of ketones is 1. The van der Waals surface area contributed by atoms with E-state index in [1.807, 2.05) is 0 Å². The van der Waals surface area contributed by atoms with Crippen molar-refractivity contribution >= 4 is 11.7 Å². The molecule has 25 heavy (non-hydrogen) atoms. The third-order valence-corrected chi connectivity index (χ3v) is 4.78. The van der Waals surface area contributed by atoms with Crippen LogP contribution in [0.5, 0.6) is 0 Å². The fourth-order valence-electron chi connectivity index (χ4n) is 3.25. The fraction of sp³-hybridized carbons (Fsp3) is 0.474. The Morgan fingerprint density at radius 3 is 2.32 bits per heavy atom. The average molecular weight is 342 g/mol. The molecule has 0 amide bonds. The van der Waals surface area contributed by atoms with Crippen LogP contribution in [0.1, 0.15) is 48.4 Å². The maximum Gasteiger partial charge on any atom is 0.245 e. The van der Waals surface area contributed by atoms with E-state index in [-0.39, 0.29) is 17.5 Å². The number of hydrogen-bond donors (Lipinski definition) is 0. The third-order valence-electron chi connectivity index (χ3n) is 4.78. The molecule has 2 aromatic rings. The summed E-state index contributed by atoms with van der Waals surface area (Å²) in [5, 5.41) is 8.55. The zero-order valence-electron chi connectivity index (χ0n) is 14.7. The van der Waals surface area contributed by atoms with Crippen molar-refractivity contribution in [1.82, 2.24) is 15.2 Å². The van der Waals surface area contributed by atoms with Crippen molar-refractivity contribution in [2.75, 3.05) is 18.0 Å². The maximum absolute atomic E-state index is 13.0. The van der Waals surface area contributed by atoms with Crippen LogP contribution in [0.2, 0.25) is 0 Å². The predicted molar refractivity (Wildman–Crippen MR) is 94.3 cm³/mol. The van der Waals surface area contributed by atoms with Crippen LogP contribution >= 0.6 is 0 Å². The second-order valence-electron chi connectivity index (χ2n) is 6.34. The Bertz CT molecular complexity index is 740. The van der Waals surface area contributed by atoms with Crippen LogP contribution in [0.4, 0.5) is 10.3 Å². The fourth-order valence-corrected chi connectivity index (χ4v) is 3.25. The van der Waals surface area contributed by atoms with E-state index < -0.39 is 0 Å². The summed E-state index contributed by atoms with van der Waals surface area (Å²) in [6.07, 6.45) is 3.16. The minimum Gasteiger partial charge on any atom is -0.339 e. The number of aromatic nitrogens is 3. The van der Waals surface area contributed by atoms with E-state index in [1.54, 1.807) is 12.1 Å². The zero-order chi connectivity index (χ0) is 17.8. The van der Waals surface area contributed by atoms with Crippen molar-refractivity contribution in [3.63, 3.8) is 0 Å². The van der Waals surface area contributed by atoms with Crippen molar-refractivity contribution in [3.8, 4) is 0 Å². The van der Waals surface area contributed by atoms with Crippen LogP contribution in [0.3, 0.4) is 0 Å². The molecule has 0 unspecified atom stereocenters. The molecule has 1 aliphatic heterocycles. The summed E-state index contributed by atoms with van der Waals surface area (Å²) in [5.41, 5.74) is 2.53. The summed E-state index contributed by atoms with van der Waals surface area (Å²) in [7, 11) is 0. The van der Waals surface area contributed by atoms with E-state index in [2.05, 4.69) is 33.9 Å². The highest BCUT2D eigenvalue weighted by atomic mass is 19.1. The van der Waals surface area contributed by atoms with Crippen LogP contribution in [-0.4, -0.2) is 34.1 Å². The number of carbonyl (C=O) groups excluding carboxylic acids is 1. The van der Waals surface area contributed by atoms with Crippen LogP contribution in [0.15, 0.2) is 24.3 Å². The van der Waals surface area contributed by atoms with E-state index in [4.69, 9.17) is 0 Å². The van der Waals surface area contributed by atoms with Gasteiger partial charge in [0, 0.05) is 24.6 Å². The Hall–Kier alpha value is -2.37. The van der Waals surface area contributed by atoms with Gasteiger partial charge in [-0.2, -0.15) is 5.10 Å². The number of carbonyl (C=O) groups is 1. The molecule has 3 rings (SSSR count). The van der Waals surface area contributed by atoms with Gasteiger partial charge in [0.05, 0.1) is 11.4 Å². The molecule has 0 saturated carbocycles. The van der Waals surface area contributed by atoms with E-state index in [9.17, 15) is 9.18 Å². The Kier molecular flexibility index (Phi) is 5.36. The van der Waals surface area contributed by atoms with Gasteiger partial charge in [-0.25, -0.2) is 9.37 Å². The lowest BCUT2D eigenvalue weighted by Gasteiger charge is -2.31. The molecule has 2 heterocycles. The summed E-state index contributed by atoms with van der Waals surface area (Å²) in [6, 6.07) is 5.80. The van der Waals surface area contributed by atoms with Crippen molar-refractivity contribution in [1.29, 1.82) is 0 Å². The molecule has 0 atom stereocenters. The highest BCUT2D eigenvalue weighted by Crippen LogP contribution is 2.24. The molecule has 1 fully saturated rings. The quantitative estimate of drug-likeness (QED) is 0.781. The first kappa shape index (κ1) is 17.5. The molecule has 0 spiro atoms. The number of rotatable bonds is 5. The molecule has 1 aliphatic rings. The number of benzene rings is 1. The molecule has 132 valence electrons. The molecule has 0 bridgehead atoms. The molecule has 0 aliphatic carbocycles. The number of hydrogen-bond acceptors (Lipinski definition) is 5. The predicted octanol–water partition coefficient (Wildman–Crippen LogP) is 3.23. The Morgan fingerprint density at radius 1 is 1.08 bits per heavy atom. The maximum atomic E-state index is 13.0. The molecular weight excluding hydrogens is 319 g/mol. The second kappa shape index (κ2) is 7.68. The Morgan fingerprint density at radius 2 is 1.72 bits per heavy atom. The standard InChI is InChI=1S/C19H23FN4O/c1-3-16-17(4-2)22-23-19(21-16)24-11-9-14(10-12-24)18(25)13-5-7-15(20)8-6-13/h5-8,14H,3-4,9-12H2,1-2H3. The second-order valence-corrected chi connectivity index (χ2v) is 6.34. The average Bonchev–Trinajstić information content (AvgIpc) is 2.67. The largest absolute Gasteiger partial charge is 0.339 e. The number of halogens is 1. The van der Waals surface area contributed by atoms with E-state index in [0.717, 1.165) is 50.2 Å². The van der Waals surface area contributed by atoms with Gasteiger partial charge in [0.2, 0.25) is 5.95 Å². The molecule has 0 N–H and O–H groups in total. The molecule has 5 nitrogen and oxygen atoms in total. The SMILES string of the molecule is CCc1nnc(N2CCC(C(=O)c3ccc(F)cc3)CC2)nc1CC. The first-order chi connectivity index (χ1) is 12.1. The lowest BCUT2D eigenvalue weighted by molar-refractivity contribution is 0.0900. The molecule has 0 radical (unpaired) electrons. The molecular formula is C19H23FN4O. The summed E-state index contributed by atoms with van der Waals surface area (Å²) >= 11 is 0. The van der Waals surface area contributed by atoms with Gasteiger partial charge in [0.15, 0.2) is 5.78 Å². The smallest absolute Gasteiger partial charge is 0.245 e. The number of nitrogens with zero attached hydrogens (tertiary/aromatic N) is 4. The number of piperidine rings is 1. The molecule has 1 aromatic carbocycles. The minimum absolute atomic E-state index is 0.0322. The summed E-state index contributed by atoms with van der Waals surface area (Å²) in [6.45, 7) is 5.58. The van der Waals surface area contributed by atoms with Gasteiger partial charge >= 0.3 is 0 Å². The van der Waals surface area contributed by atoms with E-state index in [0.29, 0.717) is 11.5 Å². The zero-order valence-corrected chi connectivity index (χ0v) is 14.7. The highest BCUT2D eigenvalue weighted by Gasteiger charge is 2.27. The lowest BCUT2D eigenvalue weighted by atomic mass is 9.89. The Labute approximate surface area is 147 Å². The highest BCUT2D eigenvalue weighted by molar-refractivity contribution is 5.97. The molecule has 1 saturated heterocycles. The topological polar surface area (TPSA) is 59.0 Å². The summed E-state index contributed by atoms with van der Waals surface area (Å²) < 4.78 is 13.0. The van der Waals surface area contributed by atoms with Gasteiger partial charge in [-0.3, -0.25) is 4.79 Å². The number of anilines is 1. The van der Waals surface area contributed by atoms with Crippen molar-refractivity contribution in [3.05, 3.63) is 47.0 Å². The van der Waals surface area contributed by atoms with Gasteiger partial charge < -0.3 is 4.90 Å². The van der Waals surface area contributed by atoms with Crippen molar-refractivity contribution < 1.29 is 9.18 Å². The number of aryl methyl sites for hydroxylation is 2. The van der Waals surface area contributed by atoms with Crippen LogP contribution < -0.4 is 4.90 Å². The minimum atomic E-state index is -0.321. The first-order valence-electron chi connectivity index (χ1n) is 8.89. The van der Waals surface area contributed by atoms with Crippen LogP contribution in [-0.2, 0) is 12.8 Å². The number of Topliss-reactive ketones (excluding diaryl/α,β-unsaturated/α-hetero) is 1. The first-order valence-corrected chi connectivity index (χ1v) is 8.89. The summed E-state index contributed by atoms with van der Waals surface area (Å²) in [5.74, 6) is 0.393.